The van der Waals surface area contributed by atoms with Crippen LogP contribution < -0.4 is 10.2 Å². The number of hydrogen-bond donors (Lipinski definition) is 2. The van der Waals surface area contributed by atoms with Crippen molar-refractivity contribution in [3.05, 3.63) is 42.7 Å². The molecule has 1 amide bonds. The summed E-state index contributed by atoms with van der Waals surface area (Å²) in [5.74, 6) is 0.336. The largest absolute Gasteiger partial charge is 0.388 e. The van der Waals surface area contributed by atoms with Gasteiger partial charge in [-0.1, -0.05) is 0 Å². The molecule has 2 N–H and O–H groups in total. The normalized spacial score (nSPS) is 26.8. The smallest absolute Gasteiger partial charge is 0.271 e. The van der Waals surface area contributed by atoms with Crippen LogP contribution in [0.5, 0.6) is 0 Å². The van der Waals surface area contributed by atoms with Crippen LogP contribution in [-0.2, 0) is 4.74 Å². The first-order valence-corrected chi connectivity index (χ1v) is 9.45. The van der Waals surface area contributed by atoms with E-state index in [1.54, 1.807) is 18.5 Å². The minimum absolute atomic E-state index is 0.229. The average molecular weight is 384 g/mol. The summed E-state index contributed by atoms with van der Waals surface area (Å²) >= 11 is 0. The standard InChI is InChI=1S/C19H24N6O3/c1-18(24-15(26)14-13-20-8-9-21-14)5-12-28-19(16(18)27)3-10-25(11-4-19)17-22-6-2-7-23-17/h2,6-9,13,16,27H,3-5,10-12H2,1H3,(H,24,26)/t16-,18+/m1/s1. The van der Waals surface area contributed by atoms with E-state index in [0.717, 1.165) is 0 Å². The number of aliphatic hydroxyl groups excluding tert-OH is 1. The quantitative estimate of drug-likeness (QED) is 0.790. The molecule has 2 aliphatic rings. The van der Waals surface area contributed by atoms with Gasteiger partial charge in [0.15, 0.2) is 0 Å². The maximum Gasteiger partial charge on any atom is 0.271 e. The Kier molecular flexibility index (Phi) is 4.94. The second-order valence-electron chi connectivity index (χ2n) is 7.56. The van der Waals surface area contributed by atoms with Crippen LogP contribution in [0.25, 0.3) is 0 Å². The van der Waals surface area contributed by atoms with Crippen molar-refractivity contribution in [2.45, 2.75) is 43.4 Å². The number of aliphatic hydroxyl groups is 1. The molecule has 0 saturated carbocycles. The van der Waals surface area contributed by atoms with Crippen LogP contribution in [0.4, 0.5) is 5.95 Å². The van der Waals surface area contributed by atoms with Crippen molar-refractivity contribution in [1.29, 1.82) is 0 Å². The van der Waals surface area contributed by atoms with Crippen LogP contribution in [0.3, 0.4) is 0 Å². The summed E-state index contributed by atoms with van der Waals surface area (Å²) in [4.78, 5) is 31.2. The number of nitrogens with zero attached hydrogens (tertiary/aromatic N) is 5. The number of rotatable bonds is 3. The van der Waals surface area contributed by atoms with Crippen molar-refractivity contribution >= 4 is 11.9 Å². The Labute approximate surface area is 163 Å². The van der Waals surface area contributed by atoms with E-state index in [2.05, 4.69) is 30.2 Å². The molecule has 4 heterocycles. The van der Waals surface area contributed by atoms with Gasteiger partial charge in [0.2, 0.25) is 5.95 Å². The summed E-state index contributed by atoms with van der Waals surface area (Å²) in [5, 5.41) is 14.2. The van der Waals surface area contributed by atoms with Gasteiger partial charge < -0.3 is 20.1 Å². The van der Waals surface area contributed by atoms with Gasteiger partial charge in [0.1, 0.15) is 11.8 Å². The fraction of sp³-hybridized carbons (Fsp3) is 0.526. The van der Waals surface area contributed by atoms with Crippen LogP contribution in [-0.4, -0.2) is 67.9 Å². The minimum Gasteiger partial charge on any atom is -0.388 e. The second kappa shape index (κ2) is 7.40. The van der Waals surface area contributed by atoms with Gasteiger partial charge >= 0.3 is 0 Å². The van der Waals surface area contributed by atoms with Gasteiger partial charge in [0, 0.05) is 44.5 Å². The SMILES string of the molecule is C[C@]1(NC(=O)c2cnccn2)CCOC2(CCN(c3ncccn3)CC2)[C@@H]1O. The highest BCUT2D eigenvalue weighted by Crippen LogP contribution is 2.40. The molecule has 28 heavy (non-hydrogen) atoms. The van der Waals surface area contributed by atoms with Crippen molar-refractivity contribution in [2.24, 2.45) is 0 Å². The van der Waals surface area contributed by atoms with Gasteiger partial charge in [-0.3, -0.25) is 9.78 Å². The number of carbonyl (C=O) groups is 1. The predicted molar refractivity (Wildman–Crippen MR) is 101 cm³/mol. The minimum atomic E-state index is -0.840. The number of hydrogen-bond acceptors (Lipinski definition) is 8. The average Bonchev–Trinajstić information content (AvgIpc) is 2.74. The number of piperidine rings is 1. The van der Waals surface area contributed by atoms with Gasteiger partial charge in [-0.15, -0.1) is 0 Å². The lowest BCUT2D eigenvalue weighted by Gasteiger charge is -2.53. The molecule has 2 atom stereocenters. The van der Waals surface area contributed by atoms with Crippen molar-refractivity contribution in [3.63, 3.8) is 0 Å². The van der Waals surface area contributed by atoms with Crippen molar-refractivity contribution in [1.82, 2.24) is 25.3 Å². The third kappa shape index (κ3) is 3.43. The molecular weight excluding hydrogens is 360 g/mol. The fourth-order valence-corrected chi connectivity index (χ4v) is 4.09. The first-order chi connectivity index (χ1) is 13.5. The first kappa shape index (κ1) is 18.7. The molecule has 2 fully saturated rings. The van der Waals surface area contributed by atoms with E-state index >= 15 is 0 Å². The van der Waals surface area contributed by atoms with E-state index in [-0.39, 0.29) is 11.6 Å². The Morgan fingerprint density at radius 2 is 1.93 bits per heavy atom. The van der Waals surface area contributed by atoms with Crippen LogP contribution in [0, 0.1) is 0 Å². The van der Waals surface area contributed by atoms with Gasteiger partial charge in [0.05, 0.1) is 17.3 Å². The molecule has 0 radical (unpaired) electrons. The lowest BCUT2D eigenvalue weighted by atomic mass is 9.73. The highest BCUT2D eigenvalue weighted by Gasteiger charge is 2.54. The van der Waals surface area contributed by atoms with Crippen molar-refractivity contribution in [3.8, 4) is 0 Å². The highest BCUT2D eigenvalue weighted by atomic mass is 16.5. The summed E-state index contributed by atoms with van der Waals surface area (Å²) in [6.07, 6.45) is 8.78. The zero-order valence-electron chi connectivity index (χ0n) is 15.8. The maximum absolute atomic E-state index is 12.6. The Balaban J connectivity index is 1.47. The molecule has 2 aromatic rings. The van der Waals surface area contributed by atoms with Crippen LogP contribution >= 0.6 is 0 Å². The van der Waals surface area contributed by atoms with Crippen molar-refractivity contribution in [2.75, 3.05) is 24.6 Å². The maximum atomic E-state index is 12.6. The summed E-state index contributed by atoms with van der Waals surface area (Å²) in [7, 11) is 0. The van der Waals surface area contributed by atoms with Crippen LogP contribution in [0.15, 0.2) is 37.1 Å². The molecule has 0 aliphatic carbocycles. The van der Waals surface area contributed by atoms with Crippen molar-refractivity contribution < 1.29 is 14.6 Å². The molecule has 9 nitrogen and oxygen atoms in total. The van der Waals surface area contributed by atoms with E-state index in [1.807, 2.05) is 6.92 Å². The number of anilines is 1. The molecule has 4 rings (SSSR count). The Morgan fingerprint density at radius 1 is 1.18 bits per heavy atom. The lowest BCUT2D eigenvalue weighted by molar-refractivity contribution is -0.195. The zero-order valence-corrected chi connectivity index (χ0v) is 15.8. The van der Waals surface area contributed by atoms with E-state index in [0.29, 0.717) is 44.9 Å². The number of nitrogens with one attached hydrogen (secondary N) is 1. The number of aromatic nitrogens is 4. The zero-order chi connectivity index (χ0) is 19.6. The van der Waals surface area contributed by atoms with Gasteiger partial charge in [-0.05, 0) is 32.3 Å². The topological polar surface area (TPSA) is 113 Å². The number of amides is 1. The Bertz CT molecular complexity index is 813. The van der Waals surface area contributed by atoms with E-state index in [1.165, 1.54) is 18.6 Å². The number of carbonyl (C=O) groups excluding carboxylic acids is 1. The fourth-order valence-electron chi connectivity index (χ4n) is 4.09. The molecular formula is C19H24N6O3. The molecule has 2 saturated heterocycles. The molecule has 0 bridgehead atoms. The monoisotopic (exact) mass is 384 g/mol. The summed E-state index contributed by atoms with van der Waals surface area (Å²) in [5.41, 5.74) is -1.28. The summed E-state index contributed by atoms with van der Waals surface area (Å²) in [6, 6.07) is 1.79. The molecule has 0 unspecified atom stereocenters. The molecule has 2 aromatic heterocycles. The van der Waals surface area contributed by atoms with Gasteiger partial charge in [-0.25, -0.2) is 15.0 Å². The van der Waals surface area contributed by atoms with E-state index in [9.17, 15) is 9.90 Å². The lowest BCUT2D eigenvalue weighted by Crippen LogP contribution is -2.69. The number of ether oxygens (including phenoxy) is 1. The van der Waals surface area contributed by atoms with Gasteiger partial charge in [-0.2, -0.15) is 0 Å². The van der Waals surface area contributed by atoms with Crippen LogP contribution in [0.2, 0.25) is 0 Å². The Morgan fingerprint density at radius 3 is 2.61 bits per heavy atom. The molecule has 9 heteroatoms. The van der Waals surface area contributed by atoms with E-state index in [4.69, 9.17) is 4.74 Å². The van der Waals surface area contributed by atoms with Crippen LogP contribution in [0.1, 0.15) is 36.7 Å². The summed E-state index contributed by atoms with van der Waals surface area (Å²) in [6.45, 7) is 3.68. The highest BCUT2D eigenvalue weighted by molar-refractivity contribution is 5.92. The summed E-state index contributed by atoms with van der Waals surface area (Å²) < 4.78 is 6.09. The molecule has 1 spiro atoms. The molecule has 2 aliphatic heterocycles. The third-order valence-electron chi connectivity index (χ3n) is 5.75. The molecule has 148 valence electrons. The predicted octanol–water partition coefficient (Wildman–Crippen LogP) is 0.575. The van der Waals surface area contributed by atoms with E-state index < -0.39 is 17.2 Å². The Hall–Kier alpha value is -2.65. The van der Waals surface area contributed by atoms with Gasteiger partial charge in [0.25, 0.3) is 5.91 Å². The second-order valence-corrected chi connectivity index (χ2v) is 7.56. The molecule has 0 aromatic carbocycles. The first-order valence-electron chi connectivity index (χ1n) is 9.45. The third-order valence-corrected chi connectivity index (χ3v) is 5.75.